The van der Waals surface area contributed by atoms with Crippen molar-refractivity contribution in [1.29, 1.82) is 0 Å². The predicted octanol–water partition coefficient (Wildman–Crippen LogP) is 2.97. The molecule has 0 unspecified atom stereocenters. The van der Waals surface area contributed by atoms with Crippen LogP contribution >= 0.6 is 0 Å². The largest absolute Gasteiger partial charge is 0.399 e. The van der Waals surface area contributed by atoms with Gasteiger partial charge in [-0.1, -0.05) is 18.5 Å². The Balaban J connectivity index is 2.21. The molecule has 0 fully saturated rings. The van der Waals surface area contributed by atoms with Crippen LogP contribution in [0, 0.1) is 6.92 Å². The van der Waals surface area contributed by atoms with Gasteiger partial charge >= 0.3 is 0 Å². The van der Waals surface area contributed by atoms with Gasteiger partial charge in [0.05, 0.1) is 0 Å². The van der Waals surface area contributed by atoms with Crippen LogP contribution in [0.2, 0.25) is 0 Å². The number of nitrogen functional groups attached to an aromatic ring is 1. The van der Waals surface area contributed by atoms with Crippen LogP contribution in [0.3, 0.4) is 0 Å². The Morgan fingerprint density at radius 1 is 1.35 bits per heavy atom. The van der Waals surface area contributed by atoms with Crippen LogP contribution < -0.4 is 5.73 Å². The Kier molecular flexibility index (Phi) is 3.42. The van der Waals surface area contributed by atoms with Crippen LogP contribution in [0.25, 0.3) is 11.5 Å². The number of rotatable bonds is 4. The van der Waals surface area contributed by atoms with Gasteiger partial charge in [0.1, 0.15) is 0 Å². The van der Waals surface area contributed by atoms with E-state index in [0.717, 1.165) is 41.9 Å². The zero-order chi connectivity index (χ0) is 12.3. The maximum absolute atomic E-state index is 5.77. The van der Waals surface area contributed by atoms with E-state index < -0.39 is 0 Å². The highest BCUT2D eigenvalue weighted by molar-refractivity contribution is 5.60. The summed E-state index contributed by atoms with van der Waals surface area (Å²) >= 11 is 0. The van der Waals surface area contributed by atoms with Crippen LogP contribution in [0.4, 0.5) is 5.69 Å². The highest BCUT2D eigenvalue weighted by atomic mass is 16.5. The standard InChI is InChI=1S/C13H17N3O/c1-3-4-5-12-15-13(17-16-12)10-6-7-11(14)9(2)8-10/h6-8H,3-5,14H2,1-2H3. The van der Waals surface area contributed by atoms with Gasteiger partial charge in [-0.05, 0) is 37.1 Å². The molecule has 4 heteroatoms. The number of nitrogens with two attached hydrogens (primary N) is 1. The third kappa shape index (κ3) is 2.64. The van der Waals surface area contributed by atoms with Crippen molar-refractivity contribution in [2.45, 2.75) is 33.1 Å². The van der Waals surface area contributed by atoms with E-state index in [9.17, 15) is 0 Å². The molecular weight excluding hydrogens is 214 g/mol. The van der Waals surface area contributed by atoms with Crippen LogP contribution in [0.5, 0.6) is 0 Å². The number of hydrogen-bond donors (Lipinski definition) is 1. The molecule has 2 aromatic rings. The maximum atomic E-state index is 5.77. The summed E-state index contributed by atoms with van der Waals surface area (Å²) in [5, 5.41) is 3.96. The minimum Gasteiger partial charge on any atom is -0.399 e. The van der Waals surface area contributed by atoms with E-state index in [1.807, 2.05) is 25.1 Å². The summed E-state index contributed by atoms with van der Waals surface area (Å²) in [6, 6.07) is 5.73. The summed E-state index contributed by atoms with van der Waals surface area (Å²) < 4.78 is 5.24. The molecule has 1 heterocycles. The fraction of sp³-hybridized carbons (Fsp3) is 0.385. The minimum atomic E-state index is 0.569. The summed E-state index contributed by atoms with van der Waals surface area (Å²) in [5.41, 5.74) is 8.50. The van der Waals surface area contributed by atoms with Gasteiger partial charge in [0.15, 0.2) is 5.82 Å². The summed E-state index contributed by atoms with van der Waals surface area (Å²) in [6.45, 7) is 4.11. The summed E-state index contributed by atoms with van der Waals surface area (Å²) in [6.07, 6.45) is 3.08. The summed E-state index contributed by atoms with van der Waals surface area (Å²) in [4.78, 5) is 4.37. The first kappa shape index (κ1) is 11.6. The van der Waals surface area contributed by atoms with Gasteiger partial charge in [-0.3, -0.25) is 0 Å². The number of aryl methyl sites for hydroxylation is 2. The molecular formula is C13H17N3O. The fourth-order valence-corrected chi connectivity index (χ4v) is 1.62. The van der Waals surface area contributed by atoms with Crippen molar-refractivity contribution in [2.24, 2.45) is 0 Å². The number of anilines is 1. The van der Waals surface area contributed by atoms with Crippen molar-refractivity contribution in [3.8, 4) is 11.5 Å². The molecule has 2 rings (SSSR count). The van der Waals surface area contributed by atoms with E-state index in [4.69, 9.17) is 10.3 Å². The average Bonchev–Trinajstić information content (AvgIpc) is 2.79. The maximum Gasteiger partial charge on any atom is 0.257 e. The quantitative estimate of drug-likeness (QED) is 0.821. The van der Waals surface area contributed by atoms with Gasteiger partial charge in [-0.2, -0.15) is 4.98 Å². The highest BCUT2D eigenvalue weighted by Crippen LogP contribution is 2.22. The Hall–Kier alpha value is -1.84. The number of unbranched alkanes of at least 4 members (excludes halogenated alkanes) is 1. The Morgan fingerprint density at radius 2 is 2.18 bits per heavy atom. The topological polar surface area (TPSA) is 64.9 Å². The zero-order valence-electron chi connectivity index (χ0n) is 10.2. The van der Waals surface area contributed by atoms with Gasteiger partial charge in [0.25, 0.3) is 5.89 Å². The number of nitrogens with zero attached hydrogens (tertiary/aromatic N) is 2. The smallest absolute Gasteiger partial charge is 0.257 e. The normalized spacial score (nSPS) is 10.7. The molecule has 0 saturated carbocycles. The highest BCUT2D eigenvalue weighted by Gasteiger charge is 2.09. The molecule has 0 aliphatic carbocycles. The molecule has 1 aromatic carbocycles. The van der Waals surface area contributed by atoms with E-state index in [0.29, 0.717) is 5.89 Å². The molecule has 4 nitrogen and oxygen atoms in total. The van der Waals surface area contributed by atoms with Crippen molar-refractivity contribution in [3.63, 3.8) is 0 Å². The van der Waals surface area contributed by atoms with Crippen molar-refractivity contribution in [3.05, 3.63) is 29.6 Å². The number of hydrogen-bond acceptors (Lipinski definition) is 4. The van der Waals surface area contributed by atoms with Crippen molar-refractivity contribution in [1.82, 2.24) is 10.1 Å². The van der Waals surface area contributed by atoms with Gasteiger partial charge in [0.2, 0.25) is 0 Å². The summed E-state index contributed by atoms with van der Waals surface area (Å²) in [7, 11) is 0. The van der Waals surface area contributed by atoms with Crippen LogP contribution in [0.1, 0.15) is 31.2 Å². The van der Waals surface area contributed by atoms with Crippen LogP contribution in [-0.4, -0.2) is 10.1 Å². The monoisotopic (exact) mass is 231 g/mol. The van der Waals surface area contributed by atoms with Crippen molar-refractivity contribution < 1.29 is 4.52 Å². The first-order valence-corrected chi connectivity index (χ1v) is 5.89. The van der Waals surface area contributed by atoms with E-state index in [2.05, 4.69) is 17.1 Å². The average molecular weight is 231 g/mol. The van der Waals surface area contributed by atoms with Crippen molar-refractivity contribution >= 4 is 5.69 Å². The minimum absolute atomic E-state index is 0.569. The summed E-state index contributed by atoms with van der Waals surface area (Å²) in [5.74, 6) is 1.34. The van der Waals surface area contributed by atoms with Crippen molar-refractivity contribution in [2.75, 3.05) is 5.73 Å². The first-order chi connectivity index (χ1) is 8.20. The van der Waals surface area contributed by atoms with Gasteiger partial charge in [-0.15, -0.1) is 0 Å². The number of benzene rings is 1. The third-order valence-corrected chi connectivity index (χ3v) is 2.74. The third-order valence-electron chi connectivity index (χ3n) is 2.74. The second-order valence-corrected chi connectivity index (χ2v) is 4.19. The molecule has 17 heavy (non-hydrogen) atoms. The van der Waals surface area contributed by atoms with Crippen LogP contribution in [-0.2, 0) is 6.42 Å². The lowest BCUT2D eigenvalue weighted by molar-refractivity contribution is 0.421. The van der Waals surface area contributed by atoms with Crippen LogP contribution in [0.15, 0.2) is 22.7 Å². The lowest BCUT2D eigenvalue weighted by Crippen LogP contribution is -1.90. The van der Waals surface area contributed by atoms with Gasteiger partial charge in [0, 0.05) is 17.7 Å². The SMILES string of the molecule is CCCCc1noc(-c2ccc(N)c(C)c2)n1. The molecule has 0 aliphatic rings. The van der Waals surface area contributed by atoms with E-state index in [1.54, 1.807) is 0 Å². The number of aromatic nitrogens is 2. The predicted molar refractivity (Wildman–Crippen MR) is 67.5 cm³/mol. The molecule has 2 N–H and O–H groups in total. The lowest BCUT2D eigenvalue weighted by atomic mass is 10.1. The second kappa shape index (κ2) is 4.99. The Bertz CT molecular complexity index is 505. The van der Waals surface area contributed by atoms with E-state index >= 15 is 0 Å². The molecule has 0 aliphatic heterocycles. The van der Waals surface area contributed by atoms with E-state index in [1.165, 1.54) is 0 Å². The molecule has 0 bridgehead atoms. The Labute approximate surface area is 101 Å². The molecule has 0 saturated heterocycles. The molecule has 1 aromatic heterocycles. The van der Waals surface area contributed by atoms with E-state index in [-0.39, 0.29) is 0 Å². The van der Waals surface area contributed by atoms with Gasteiger partial charge in [-0.25, -0.2) is 0 Å². The first-order valence-electron chi connectivity index (χ1n) is 5.89. The molecule has 0 atom stereocenters. The second-order valence-electron chi connectivity index (χ2n) is 4.19. The molecule has 0 amide bonds. The lowest BCUT2D eigenvalue weighted by Gasteiger charge is -2.00. The molecule has 0 spiro atoms. The molecule has 90 valence electrons. The zero-order valence-corrected chi connectivity index (χ0v) is 10.2. The van der Waals surface area contributed by atoms with Gasteiger partial charge < -0.3 is 10.3 Å². The fourth-order valence-electron chi connectivity index (χ4n) is 1.62. The Morgan fingerprint density at radius 3 is 2.88 bits per heavy atom. The molecule has 0 radical (unpaired) electrons.